The molecule has 0 atom stereocenters. The summed E-state index contributed by atoms with van der Waals surface area (Å²) in [5.74, 6) is 1.17. The highest BCUT2D eigenvalue weighted by Gasteiger charge is 2.31. The molecular weight excluding hydrogens is 283 g/mol. The van der Waals surface area contributed by atoms with E-state index in [9.17, 15) is 13.2 Å². The Morgan fingerprint density at radius 3 is 2.57 bits per heavy atom. The molecule has 1 aromatic carbocycles. The normalized spacial score (nSPS) is 12.1. The first-order chi connectivity index (χ1) is 9.77. The van der Waals surface area contributed by atoms with E-state index in [-0.39, 0.29) is 11.6 Å². The van der Waals surface area contributed by atoms with E-state index in [1.54, 1.807) is 0 Å². The Bertz CT molecular complexity index is 620. The molecule has 2 N–H and O–H groups in total. The first-order valence-corrected chi connectivity index (χ1v) is 6.57. The molecule has 0 amide bonds. The van der Waals surface area contributed by atoms with E-state index in [0.29, 0.717) is 23.7 Å². The second-order valence-electron chi connectivity index (χ2n) is 5.25. The van der Waals surface area contributed by atoms with Gasteiger partial charge in [0.05, 0.1) is 11.1 Å². The number of hydrogen-bond acceptors (Lipinski definition) is 4. The van der Waals surface area contributed by atoms with Crippen molar-refractivity contribution in [2.24, 2.45) is 5.92 Å². The van der Waals surface area contributed by atoms with Crippen LogP contribution in [-0.2, 0) is 12.6 Å². The fourth-order valence-electron chi connectivity index (χ4n) is 1.82. The zero-order valence-corrected chi connectivity index (χ0v) is 11.7. The van der Waals surface area contributed by atoms with Gasteiger partial charge < -0.3 is 10.3 Å². The number of aromatic nitrogens is 2. The molecule has 7 heteroatoms. The minimum Gasteiger partial charge on any atom is -0.398 e. The number of nitrogen functional groups attached to an aromatic ring is 1. The van der Waals surface area contributed by atoms with Crippen LogP contribution < -0.4 is 5.73 Å². The molecule has 1 aromatic heterocycles. The molecule has 0 aliphatic heterocycles. The molecule has 0 saturated heterocycles. The number of anilines is 1. The molecule has 0 radical (unpaired) electrons. The van der Waals surface area contributed by atoms with Crippen LogP contribution in [0.3, 0.4) is 0 Å². The Kier molecular flexibility index (Phi) is 4.20. The molecule has 0 saturated carbocycles. The minimum absolute atomic E-state index is 0.0381. The smallest absolute Gasteiger partial charge is 0.398 e. The van der Waals surface area contributed by atoms with Crippen LogP contribution in [0.25, 0.3) is 11.5 Å². The maximum absolute atomic E-state index is 12.6. The average Bonchev–Trinajstić information content (AvgIpc) is 2.83. The molecule has 4 nitrogen and oxygen atoms in total. The second-order valence-corrected chi connectivity index (χ2v) is 5.25. The molecule has 1 heterocycles. The van der Waals surface area contributed by atoms with Crippen molar-refractivity contribution < 1.29 is 17.7 Å². The fraction of sp³-hybridized carbons (Fsp3) is 0.429. The quantitative estimate of drug-likeness (QED) is 0.869. The summed E-state index contributed by atoms with van der Waals surface area (Å²) in [4.78, 5) is 4.17. The van der Waals surface area contributed by atoms with Gasteiger partial charge in [0.15, 0.2) is 5.82 Å². The first kappa shape index (κ1) is 15.3. The lowest BCUT2D eigenvalue weighted by Gasteiger charge is -2.08. The van der Waals surface area contributed by atoms with Crippen LogP contribution in [0.5, 0.6) is 0 Å². The number of benzene rings is 1. The van der Waals surface area contributed by atoms with E-state index in [4.69, 9.17) is 10.3 Å². The van der Waals surface area contributed by atoms with Crippen molar-refractivity contribution in [3.63, 3.8) is 0 Å². The van der Waals surface area contributed by atoms with E-state index < -0.39 is 11.7 Å². The van der Waals surface area contributed by atoms with Crippen molar-refractivity contribution in [2.45, 2.75) is 32.9 Å². The summed E-state index contributed by atoms with van der Waals surface area (Å²) >= 11 is 0. The summed E-state index contributed by atoms with van der Waals surface area (Å²) in [6, 6.07) is 3.06. The zero-order valence-electron chi connectivity index (χ0n) is 11.7. The Morgan fingerprint density at radius 1 is 1.29 bits per heavy atom. The van der Waals surface area contributed by atoms with Crippen molar-refractivity contribution in [1.82, 2.24) is 10.1 Å². The number of nitrogens with two attached hydrogens (primary N) is 1. The van der Waals surface area contributed by atoms with Gasteiger partial charge in [0.2, 0.25) is 0 Å². The van der Waals surface area contributed by atoms with Gasteiger partial charge in [0.25, 0.3) is 5.89 Å². The third-order valence-corrected chi connectivity index (χ3v) is 3.02. The standard InChI is InChI=1S/C14H16F3N3O/c1-8(2)3-6-12-19-13(21-20-12)10-5-4-9(7-11(10)18)14(15,16)17/h4-5,7-8H,3,6,18H2,1-2H3. The highest BCUT2D eigenvalue weighted by molar-refractivity contribution is 5.71. The van der Waals surface area contributed by atoms with Gasteiger partial charge in [-0.25, -0.2) is 0 Å². The van der Waals surface area contributed by atoms with Crippen molar-refractivity contribution >= 4 is 5.69 Å². The Hall–Kier alpha value is -2.05. The van der Waals surface area contributed by atoms with Crippen molar-refractivity contribution in [3.05, 3.63) is 29.6 Å². The number of alkyl halides is 3. The number of halogens is 3. The number of aryl methyl sites for hydroxylation is 1. The largest absolute Gasteiger partial charge is 0.416 e. The first-order valence-electron chi connectivity index (χ1n) is 6.57. The lowest BCUT2D eigenvalue weighted by Crippen LogP contribution is -2.06. The van der Waals surface area contributed by atoms with Gasteiger partial charge >= 0.3 is 6.18 Å². The summed E-state index contributed by atoms with van der Waals surface area (Å²) < 4.78 is 42.8. The Morgan fingerprint density at radius 2 is 2.00 bits per heavy atom. The van der Waals surface area contributed by atoms with Gasteiger partial charge in [0.1, 0.15) is 0 Å². The van der Waals surface area contributed by atoms with E-state index in [2.05, 4.69) is 24.0 Å². The molecule has 2 rings (SSSR count). The third kappa shape index (κ3) is 3.74. The molecule has 21 heavy (non-hydrogen) atoms. The molecule has 0 fully saturated rings. The summed E-state index contributed by atoms with van der Waals surface area (Å²) in [6.07, 6.45) is -2.87. The van der Waals surface area contributed by atoms with E-state index in [1.807, 2.05) is 0 Å². The molecular formula is C14H16F3N3O. The predicted octanol–water partition coefficient (Wildman–Crippen LogP) is 3.93. The maximum atomic E-state index is 12.6. The molecule has 0 aliphatic rings. The monoisotopic (exact) mass is 299 g/mol. The average molecular weight is 299 g/mol. The van der Waals surface area contributed by atoms with E-state index >= 15 is 0 Å². The van der Waals surface area contributed by atoms with Gasteiger partial charge in [-0.15, -0.1) is 0 Å². The number of nitrogens with zero attached hydrogens (tertiary/aromatic N) is 2. The maximum Gasteiger partial charge on any atom is 0.416 e. The molecule has 2 aromatic rings. The van der Waals surface area contributed by atoms with Crippen LogP contribution >= 0.6 is 0 Å². The zero-order chi connectivity index (χ0) is 15.6. The number of rotatable bonds is 4. The molecule has 114 valence electrons. The van der Waals surface area contributed by atoms with Crippen LogP contribution in [0, 0.1) is 5.92 Å². The van der Waals surface area contributed by atoms with Gasteiger partial charge in [-0.1, -0.05) is 19.0 Å². The topological polar surface area (TPSA) is 64.9 Å². The highest BCUT2D eigenvalue weighted by atomic mass is 19.4. The van der Waals surface area contributed by atoms with E-state index in [0.717, 1.165) is 18.6 Å². The Balaban J connectivity index is 2.23. The fourth-order valence-corrected chi connectivity index (χ4v) is 1.82. The van der Waals surface area contributed by atoms with E-state index in [1.165, 1.54) is 6.07 Å². The summed E-state index contributed by atoms with van der Waals surface area (Å²) in [5.41, 5.74) is 5.12. The molecule has 0 unspecified atom stereocenters. The lowest BCUT2D eigenvalue weighted by atomic mass is 10.1. The van der Waals surface area contributed by atoms with Crippen LogP contribution in [0.4, 0.5) is 18.9 Å². The lowest BCUT2D eigenvalue weighted by molar-refractivity contribution is -0.137. The van der Waals surface area contributed by atoms with Gasteiger partial charge in [-0.05, 0) is 30.5 Å². The molecule has 0 aliphatic carbocycles. The third-order valence-electron chi connectivity index (χ3n) is 3.02. The van der Waals surface area contributed by atoms with Gasteiger partial charge in [-0.2, -0.15) is 18.2 Å². The summed E-state index contributed by atoms with van der Waals surface area (Å²) in [5, 5.41) is 3.81. The summed E-state index contributed by atoms with van der Waals surface area (Å²) in [6.45, 7) is 4.16. The predicted molar refractivity (Wildman–Crippen MR) is 72.3 cm³/mol. The minimum atomic E-state index is -4.43. The van der Waals surface area contributed by atoms with Crippen molar-refractivity contribution in [1.29, 1.82) is 0 Å². The van der Waals surface area contributed by atoms with Crippen LogP contribution in [0.2, 0.25) is 0 Å². The van der Waals surface area contributed by atoms with Crippen LogP contribution in [-0.4, -0.2) is 10.1 Å². The van der Waals surface area contributed by atoms with Gasteiger partial charge in [0, 0.05) is 12.1 Å². The number of hydrogen-bond donors (Lipinski definition) is 1. The second kappa shape index (κ2) is 5.75. The SMILES string of the molecule is CC(C)CCc1noc(-c2ccc(C(F)(F)F)cc2N)n1. The summed E-state index contributed by atoms with van der Waals surface area (Å²) in [7, 11) is 0. The van der Waals surface area contributed by atoms with Crippen molar-refractivity contribution in [3.8, 4) is 11.5 Å². The molecule has 0 bridgehead atoms. The van der Waals surface area contributed by atoms with Gasteiger partial charge in [-0.3, -0.25) is 0 Å². The Labute approximate surface area is 120 Å². The molecule has 0 spiro atoms. The van der Waals surface area contributed by atoms with Crippen LogP contribution in [0.1, 0.15) is 31.7 Å². The van der Waals surface area contributed by atoms with Crippen molar-refractivity contribution in [2.75, 3.05) is 5.73 Å². The highest BCUT2D eigenvalue weighted by Crippen LogP contribution is 2.34. The van der Waals surface area contributed by atoms with Crippen LogP contribution in [0.15, 0.2) is 22.7 Å².